The van der Waals surface area contributed by atoms with Crippen molar-refractivity contribution in [3.05, 3.63) is 53.9 Å². The number of anilines is 1. The Morgan fingerprint density at radius 3 is 2.96 bits per heavy atom. The van der Waals surface area contributed by atoms with Crippen LogP contribution in [0.4, 0.5) is 5.82 Å². The minimum atomic E-state index is 0.285. The number of H-pyrrole nitrogens is 1. The summed E-state index contributed by atoms with van der Waals surface area (Å²) in [4.78, 5) is 12.3. The predicted molar refractivity (Wildman–Crippen MR) is 96.0 cm³/mol. The predicted octanol–water partition coefficient (Wildman–Crippen LogP) is 3.76. The fourth-order valence-corrected chi connectivity index (χ4v) is 3.18. The Labute approximate surface area is 143 Å². The molecular formula is C19H16N4O2. The van der Waals surface area contributed by atoms with Gasteiger partial charge in [-0.1, -0.05) is 17.7 Å². The number of aryl methyl sites for hydroxylation is 1. The molecule has 0 aliphatic carbocycles. The summed E-state index contributed by atoms with van der Waals surface area (Å²) in [5.74, 6) is 2.36. The minimum absolute atomic E-state index is 0.285. The second-order valence-corrected chi connectivity index (χ2v) is 6.16. The molecule has 1 aliphatic rings. The topological polar surface area (TPSA) is 72.1 Å². The number of nitrogens with one attached hydrogen (secondary N) is 2. The Balaban J connectivity index is 1.49. The maximum Gasteiger partial charge on any atom is 0.231 e. The highest BCUT2D eigenvalue weighted by atomic mass is 16.7. The second-order valence-electron chi connectivity index (χ2n) is 6.16. The van der Waals surface area contributed by atoms with E-state index in [0.29, 0.717) is 6.54 Å². The maximum absolute atomic E-state index is 5.43. The second kappa shape index (κ2) is 5.37. The van der Waals surface area contributed by atoms with Crippen LogP contribution < -0.4 is 14.8 Å². The Morgan fingerprint density at radius 1 is 1.08 bits per heavy atom. The van der Waals surface area contributed by atoms with Crippen molar-refractivity contribution in [1.82, 2.24) is 15.0 Å². The molecule has 0 fully saturated rings. The highest BCUT2D eigenvalue weighted by Crippen LogP contribution is 2.33. The van der Waals surface area contributed by atoms with Gasteiger partial charge in [-0.2, -0.15) is 0 Å². The van der Waals surface area contributed by atoms with Gasteiger partial charge in [-0.3, -0.25) is 0 Å². The van der Waals surface area contributed by atoms with Crippen LogP contribution in [-0.4, -0.2) is 21.7 Å². The largest absolute Gasteiger partial charge is 0.454 e. The molecule has 0 spiro atoms. The Bertz CT molecular complexity index is 1100. The zero-order valence-electron chi connectivity index (χ0n) is 13.7. The molecule has 2 aromatic carbocycles. The van der Waals surface area contributed by atoms with Crippen molar-refractivity contribution in [1.29, 1.82) is 0 Å². The summed E-state index contributed by atoms with van der Waals surface area (Å²) in [7, 11) is 0. The lowest BCUT2D eigenvalue weighted by atomic mass is 10.1. The quantitative estimate of drug-likeness (QED) is 0.598. The van der Waals surface area contributed by atoms with Crippen LogP contribution in [0, 0.1) is 6.92 Å². The average Bonchev–Trinajstić information content (AvgIpc) is 3.23. The molecule has 4 aromatic rings. The highest BCUT2D eigenvalue weighted by Gasteiger charge is 2.14. The van der Waals surface area contributed by atoms with E-state index in [1.54, 1.807) is 6.33 Å². The first-order chi connectivity index (χ1) is 12.3. The van der Waals surface area contributed by atoms with E-state index in [1.807, 2.05) is 18.2 Å². The van der Waals surface area contributed by atoms with Gasteiger partial charge in [0.15, 0.2) is 17.3 Å². The van der Waals surface area contributed by atoms with E-state index < -0.39 is 0 Å². The van der Waals surface area contributed by atoms with Gasteiger partial charge in [-0.15, -0.1) is 0 Å². The van der Waals surface area contributed by atoms with E-state index >= 15 is 0 Å². The van der Waals surface area contributed by atoms with Gasteiger partial charge in [0.25, 0.3) is 0 Å². The Hall–Kier alpha value is -3.28. The fourth-order valence-electron chi connectivity index (χ4n) is 3.18. The van der Waals surface area contributed by atoms with Gasteiger partial charge in [0.05, 0.1) is 0 Å². The molecule has 0 bridgehead atoms. The molecule has 124 valence electrons. The van der Waals surface area contributed by atoms with E-state index in [-0.39, 0.29) is 6.79 Å². The van der Waals surface area contributed by atoms with Crippen molar-refractivity contribution in [3.63, 3.8) is 0 Å². The highest BCUT2D eigenvalue weighted by molar-refractivity contribution is 6.08. The van der Waals surface area contributed by atoms with Crippen LogP contribution in [0.25, 0.3) is 21.9 Å². The van der Waals surface area contributed by atoms with Crippen LogP contribution >= 0.6 is 0 Å². The third-order valence-corrected chi connectivity index (χ3v) is 4.43. The molecule has 2 aromatic heterocycles. The number of aromatic nitrogens is 3. The SMILES string of the molecule is Cc1ccc2[nH]c3c(NCc4ccc5c(c4)OCO5)ncnc3c2c1. The average molecular weight is 332 g/mol. The lowest BCUT2D eigenvalue weighted by Gasteiger charge is -2.07. The summed E-state index contributed by atoms with van der Waals surface area (Å²) < 4.78 is 10.8. The van der Waals surface area contributed by atoms with Crippen molar-refractivity contribution in [2.45, 2.75) is 13.5 Å². The maximum atomic E-state index is 5.43. The van der Waals surface area contributed by atoms with Gasteiger partial charge < -0.3 is 19.8 Å². The molecule has 0 atom stereocenters. The van der Waals surface area contributed by atoms with Gasteiger partial charge in [0.2, 0.25) is 6.79 Å². The molecular weight excluding hydrogens is 316 g/mol. The van der Waals surface area contributed by atoms with Crippen molar-refractivity contribution < 1.29 is 9.47 Å². The lowest BCUT2D eigenvalue weighted by Crippen LogP contribution is -2.02. The van der Waals surface area contributed by atoms with E-state index in [4.69, 9.17) is 9.47 Å². The first-order valence-electron chi connectivity index (χ1n) is 8.13. The van der Waals surface area contributed by atoms with Crippen molar-refractivity contribution in [2.24, 2.45) is 0 Å². The number of hydrogen-bond acceptors (Lipinski definition) is 5. The van der Waals surface area contributed by atoms with Gasteiger partial charge in [0, 0.05) is 17.4 Å². The first-order valence-corrected chi connectivity index (χ1v) is 8.13. The van der Waals surface area contributed by atoms with Crippen LogP contribution in [0.3, 0.4) is 0 Å². The molecule has 5 rings (SSSR count). The summed E-state index contributed by atoms with van der Waals surface area (Å²) in [6.45, 7) is 3.00. The summed E-state index contributed by atoms with van der Waals surface area (Å²) in [6.07, 6.45) is 1.60. The molecule has 0 saturated heterocycles. The minimum Gasteiger partial charge on any atom is -0.454 e. The molecule has 6 heteroatoms. The Morgan fingerprint density at radius 2 is 2.00 bits per heavy atom. The lowest BCUT2D eigenvalue weighted by molar-refractivity contribution is 0.174. The number of hydrogen-bond donors (Lipinski definition) is 2. The number of benzene rings is 2. The molecule has 0 unspecified atom stereocenters. The molecule has 25 heavy (non-hydrogen) atoms. The molecule has 0 radical (unpaired) electrons. The molecule has 0 amide bonds. The Kier molecular flexibility index (Phi) is 3.03. The van der Waals surface area contributed by atoms with Crippen LogP contribution in [-0.2, 0) is 6.54 Å². The molecule has 3 heterocycles. The first kappa shape index (κ1) is 14.1. The van der Waals surface area contributed by atoms with Crippen LogP contribution in [0.2, 0.25) is 0 Å². The number of rotatable bonds is 3. The number of nitrogens with zero attached hydrogens (tertiary/aromatic N) is 2. The van der Waals surface area contributed by atoms with Crippen molar-refractivity contribution in [2.75, 3.05) is 12.1 Å². The number of ether oxygens (including phenoxy) is 2. The van der Waals surface area contributed by atoms with E-state index in [2.05, 4.69) is 45.4 Å². The molecule has 0 saturated carbocycles. The van der Waals surface area contributed by atoms with Crippen molar-refractivity contribution >= 4 is 27.8 Å². The third-order valence-electron chi connectivity index (χ3n) is 4.43. The van der Waals surface area contributed by atoms with E-state index in [0.717, 1.165) is 44.8 Å². The normalized spacial score (nSPS) is 12.8. The van der Waals surface area contributed by atoms with Crippen LogP contribution in [0.5, 0.6) is 11.5 Å². The van der Waals surface area contributed by atoms with E-state index in [1.165, 1.54) is 5.56 Å². The summed E-state index contributed by atoms with van der Waals surface area (Å²) in [6, 6.07) is 12.2. The number of aromatic amines is 1. The van der Waals surface area contributed by atoms with E-state index in [9.17, 15) is 0 Å². The molecule has 6 nitrogen and oxygen atoms in total. The zero-order chi connectivity index (χ0) is 16.8. The summed E-state index contributed by atoms with van der Waals surface area (Å²) in [5.41, 5.74) is 5.22. The zero-order valence-corrected chi connectivity index (χ0v) is 13.7. The van der Waals surface area contributed by atoms with Crippen molar-refractivity contribution in [3.8, 4) is 11.5 Å². The van der Waals surface area contributed by atoms with Gasteiger partial charge in [-0.05, 0) is 36.8 Å². The third kappa shape index (κ3) is 2.34. The molecule has 2 N–H and O–H groups in total. The fraction of sp³-hybridized carbons (Fsp3) is 0.158. The van der Waals surface area contributed by atoms with Crippen LogP contribution in [0.1, 0.15) is 11.1 Å². The van der Waals surface area contributed by atoms with Gasteiger partial charge in [-0.25, -0.2) is 9.97 Å². The smallest absolute Gasteiger partial charge is 0.231 e. The summed E-state index contributed by atoms with van der Waals surface area (Å²) >= 11 is 0. The number of fused-ring (bicyclic) bond motifs is 4. The summed E-state index contributed by atoms with van der Waals surface area (Å²) in [5, 5.41) is 4.51. The molecule has 1 aliphatic heterocycles. The van der Waals surface area contributed by atoms with Gasteiger partial charge >= 0.3 is 0 Å². The van der Waals surface area contributed by atoms with Gasteiger partial charge in [0.1, 0.15) is 17.4 Å². The standard InChI is InChI=1S/C19H16N4O2/c1-11-2-4-14-13(6-11)17-18(23-14)19(22-9-21-17)20-8-12-3-5-15-16(7-12)25-10-24-15/h2-7,9,23H,8,10H2,1H3,(H,20,21,22). The monoisotopic (exact) mass is 332 g/mol. The van der Waals surface area contributed by atoms with Crippen LogP contribution in [0.15, 0.2) is 42.7 Å².